The molecule has 156 valence electrons. The molecule has 1 atom stereocenters. The van der Waals surface area contributed by atoms with Crippen LogP contribution in [0, 0.1) is 0 Å². The Morgan fingerprint density at radius 1 is 0.833 bits per heavy atom. The van der Waals surface area contributed by atoms with Crippen LogP contribution in [-0.2, 0) is 14.8 Å². The summed E-state index contributed by atoms with van der Waals surface area (Å²) in [5.41, 5.74) is 2.54. The van der Waals surface area contributed by atoms with E-state index in [2.05, 4.69) is 10.0 Å². The third-order valence-electron chi connectivity index (χ3n) is 4.59. The Balaban J connectivity index is 1.84. The predicted molar refractivity (Wildman–Crippen MR) is 120 cm³/mol. The lowest BCUT2D eigenvalue weighted by Crippen LogP contribution is -2.35. The van der Waals surface area contributed by atoms with Crippen LogP contribution in [0.25, 0.3) is 0 Å². The normalized spacial score (nSPS) is 12.5. The fourth-order valence-corrected chi connectivity index (χ4v) is 4.10. The molecule has 0 aromatic heterocycles. The standard InChI is InChI=1S/C23H23ClN2O3S/c1-30(28,29)26-21(17-12-14-20(24)15-13-17)16-22(27)25-23(18-8-4-2-5-9-18)19-10-6-3-7-11-19/h2-15,21,23,26H,16H2,1H3,(H,25,27). The van der Waals surface area contributed by atoms with Crippen LogP contribution in [-0.4, -0.2) is 20.6 Å². The van der Waals surface area contributed by atoms with Gasteiger partial charge in [-0.15, -0.1) is 0 Å². The average Bonchev–Trinajstić information content (AvgIpc) is 2.72. The molecular weight excluding hydrogens is 420 g/mol. The molecule has 2 N–H and O–H groups in total. The van der Waals surface area contributed by atoms with Crippen molar-refractivity contribution in [3.05, 3.63) is 107 Å². The van der Waals surface area contributed by atoms with Gasteiger partial charge in [0.1, 0.15) is 0 Å². The molecule has 0 heterocycles. The van der Waals surface area contributed by atoms with Gasteiger partial charge in [0.05, 0.1) is 18.3 Å². The van der Waals surface area contributed by atoms with E-state index in [1.54, 1.807) is 24.3 Å². The van der Waals surface area contributed by atoms with Gasteiger partial charge in [0.15, 0.2) is 0 Å². The van der Waals surface area contributed by atoms with Crippen molar-refractivity contribution in [3.63, 3.8) is 0 Å². The Morgan fingerprint density at radius 3 is 1.80 bits per heavy atom. The first-order chi connectivity index (χ1) is 14.3. The molecule has 0 radical (unpaired) electrons. The number of sulfonamides is 1. The van der Waals surface area contributed by atoms with E-state index in [-0.39, 0.29) is 18.4 Å². The highest BCUT2D eigenvalue weighted by Gasteiger charge is 2.23. The van der Waals surface area contributed by atoms with Gasteiger partial charge in [0.2, 0.25) is 15.9 Å². The van der Waals surface area contributed by atoms with Crippen LogP contribution in [0.5, 0.6) is 0 Å². The maximum atomic E-state index is 13.0. The second kappa shape index (κ2) is 9.89. The van der Waals surface area contributed by atoms with Gasteiger partial charge in [-0.05, 0) is 28.8 Å². The quantitative estimate of drug-likeness (QED) is 0.548. The van der Waals surface area contributed by atoms with E-state index in [1.807, 2.05) is 60.7 Å². The molecule has 0 aliphatic heterocycles. The molecule has 1 unspecified atom stereocenters. The van der Waals surface area contributed by atoms with E-state index in [0.29, 0.717) is 10.6 Å². The Labute approximate surface area is 182 Å². The monoisotopic (exact) mass is 442 g/mol. The molecule has 5 nitrogen and oxygen atoms in total. The molecule has 30 heavy (non-hydrogen) atoms. The Bertz CT molecular complexity index is 1030. The first kappa shape index (κ1) is 22.0. The molecule has 3 rings (SSSR count). The second-order valence-corrected chi connectivity index (χ2v) is 9.24. The van der Waals surface area contributed by atoms with Crippen LogP contribution in [0.3, 0.4) is 0 Å². The first-order valence-corrected chi connectivity index (χ1v) is 11.7. The lowest BCUT2D eigenvalue weighted by Gasteiger charge is -2.23. The summed E-state index contributed by atoms with van der Waals surface area (Å²) < 4.78 is 26.3. The fourth-order valence-electron chi connectivity index (χ4n) is 3.24. The maximum absolute atomic E-state index is 13.0. The summed E-state index contributed by atoms with van der Waals surface area (Å²) in [7, 11) is -3.52. The molecule has 0 bridgehead atoms. The number of rotatable bonds is 8. The summed E-state index contributed by atoms with van der Waals surface area (Å²) in [4.78, 5) is 13.0. The number of nitrogens with one attached hydrogen (secondary N) is 2. The van der Waals surface area contributed by atoms with Gasteiger partial charge in [-0.3, -0.25) is 4.79 Å². The lowest BCUT2D eigenvalue weighted by molar-refractivity contribution is -0.122. The van der Waals surface area contributed by atoms with Crippen molar-refractivity contribution in [1.29, 1.82) is 0 Å². The molecule has 7 heteroatoms. The molecule has 0 aliphatic carbocycles. The number of hydrogen-bond acceptors (Lipinski definition) is 3. The molecule has 1 amide bonds. The van der Waals surface area contributed by atoms with Gasteiger partial charge in [-0.25, -0.2) is 13.1 Å². The third kappa shape index (κ3) is 6.42. The molecular formula is C23H23ClN2O3S. The highest BCUT2D eigenvalue weighted by molar-refractivity contribution is 7.88. The van der Waals surface area contributed by atoms with Crippen LogP contribution in [0.2, 0.25) is 5.02 Å². The van der Waals surface area contributed by atoms with E-state index in [9.17, 15) is 13.2 Å². The summed E-state index contributed by atoms with van der Waals surface area (Å²) in [5, 5.41) is 3.58. The average molecular weight is 443 g/mol. The van der Waals surface area contributed by atoms with Crippen molar-refractivity contribution in [1.82, 2.24) is 10.0 Å². The fraction of sp³-hybridized carbons (Fsp3) is 0.174. The van der Waals surface area contributed by atoms with Crippen molar-refractivity contribution in [3.8, 4) is 0 Å². The molecule has 0 saturated carbocycles. The van der Waals surface area contributed by atoms with Crippen molar-refractivity contribution in [2.75, 3.05) is 6.26 Å². The molecule has 0 saturated heterocycles. The number of carbonyl (C=O) groups is 1. The van der Waals surface area contributed by atoms with E-state index in [4.69, 9.17) is 11.6 Å². The molecule has 3 aromatic rings. The summed E-state index contributed by atoms with van der Waals surface area (Å²) >= 11 is 5.94. The molecule has 3 aromatic carbocycles. The largest absolute Gasteiger partial charge is 0.345 e. The van der Waals surface area contributed by atoms with Crippen LogP contribution in [0.1, 0.15) is 35.2 Å². The van der Waals surface area contributed by atoms with Crippen molar-refractivity contribution in [2.45, 2.75) is 18.5 Å². The van der Waals surface area contributed by atoms with Gasteiger partial charge in [0.25, 0.3) is 0 Å². The van der Waals surface area contributed by atoms with Gasteiger partial charge in [0, 0.05) is 11.4 Å². The minimum atomic E-state index is -3.52. The Kier molecular flexibility index (Phi) is 7.26. The highest BCUT2D eigenvalue weighted by atomic mass is 35.5. The Morgan fingerprint density at radius 2 is 1.33 bits per heavy atom. The highest BCUT2D eigenvalue weighted by Crippen LogP contribution is 2.24. The third-order valence-corrected chi connectivity index (χ3v) is 5.55. The van der Waals surface area contributed by atoms with E-state index in [0.717, 1.165) is 17.4 Å². The predicted octanol–water partition coefficient (Wildman–Crippen LogP) is 4.23. The number of carbonyl (C=O) groups excluding carboxylic acids is 1. The van der Waals surface area contributed by atoms with Gasteiger partial charge < -0.3 is 5.32 Å². The summed E-state index contributed by atoms with van der Waals surface area (Å²) in [6.45, 7) is 0. The van der Waals surface area contributed by atoms with Crippen LogP contribution >= 0.6 is 11.6 Å². The number of amides is 1. The van der Waals surface area contributed by atoms with Gasteiger partial charge in [-0.2, -0.15) is 0 Å². The minimum Gasteiger partial charge on any atom is -0.345 e. The summed E-state index contributed by atoms with van der Waals surface area (Å²) in [5.74, 6) is -0.274. The number of halogens is 1. The van der Waals surface area contributed by atoms with Gasteiger partial charge in [-0.1, -0.05) is 84.4 Å². The van der Waals surface area contributed by atoms with E-state index < -0.39 is 16.1 Å². The zero-order chi connectivity index (χ0) is 21.6. The van der Waals surface area contributed by atoms with E-state index >= 15 is 0 Å². The van der Waals surface area contributed by atoms with Crippen molar-refractivity contribution < 1.29 is 13.2 Å². The first-order valence-electron chi connectivity index (χ1n) is 9.44. The number of hydrogen-bond donors (Lipinski definition) is 2. The van der Waals surface area contributed by atoms with Gasteiger partial charge >= 0.3 is 0 Å². The molecule has 0 aliphatic rings. The SMILES string of the molecule is CS(=O)(=O)NC(CC(=O)NC(c1ccccc1)c1ccccc1)c1ccc(Cl)cc1. The number of benzene rings is 3. The van der Waals surface area contributed by atoms with Crippen LogP contribution in [0.15, 0.2) is 84.9 Å². The van der Waals surface area contributed by atoms with Crippen LogP contribution in [0.4, 0.5) is 0 Å². The Hall–Kier alpha value is -2.67. The smallest absolute Gasteiger partial charge is 0.222 e. The summed E-state index contributed by atoms with van der Waals surface area (Å²) in [6.07, 6.45) is 1.02. The van der Waals surface area contributed by atoms with E-state index in [1.165, 1.54) is 0 Å². The zero-order valence-corrected chi connectivity index (χ0v) is 18.0. The molecule has 0 spiro atoms. The second-order valence-electron chi connectivity index (χ2n) is 7.02. The van der Waals surface area contributed by atoms with Crippen molar-refractivity contribution in [2.24, 2.45) is 0 Å². The summed E-state index contributed by atoms with van der Waals surface area (Å²) in [6, 6.07) is 25.0. The maximum Gasteiger partial charge on any atom is 0.222 e. The molecule has 0 fully saturated rings. The zero-order valence-electron chi connectivity index (χ0n) is 16.5. The topological polar surface area (TPSA) is 75.3 Å². The lowest BCUT2D eigenvalue weighted by atomic mass is 9.98. The minimum absolute atomic E-state index is 0.0507. The van der Waals surface area contributed by atoms with Crippen molar-refractivity contribution >= 4 is 27.5 Å². The van der Waals surface area contributed by atoms with Crippen LogP contribution < -0.4 is 10.0 Å².